The van der Waals surface area contributed by atoms with Crippen LogP contribution < -0.4 is 5.76 Å². The van der Waals surface area contributed by atoms with Crippen molar-refractivity contribution >= 4 is 34.6 Å². The van der Waals surface area contributed by atoms with Gasteiger partial charge in [-0.25, -0.2) is 14.4 Å². The van der Waals surface area contributed by atoms with Crippen molar-refractivity contribution in [3.63, 3.8) is 0 Å². The maximum atomic E-state index is 11.9. The van der Waals surface area contributed by atoms with Crippen molar-refractivity contribution in [2.24, 2.45) is 0 Å². The minimum atomic E-state index is -1.82. The SMILES string of the molecule is CN(CCCCn1c(=O)oc2ccccc21)Cc1cccc(Cl)c1.O=C(O)C(=O)O. The average molecular weight is 435 g/mol. The van der Waals surface area contributed by atoms with Gasteiger partial charge < -0.3 is 19.5 Å². The molecular formula is C21H23ClN2O6. The Morgan fingerprint density at radius 2 is 1.77 bits per heavy atom. The number of fused-ring (bicyclic) bond motifs is 1. The lowest BCUT2D eigenvalue weighted by atomic mass is 10.2. The summed E-state index contributed by atoms with van der Waals surface area (Å²) in [5.74, 6) is -3.92. The second-order valence-corrected chi connectivity index (χ2v) is 7.11. The van der Waals surface area contributed by atoms with Gasteiger partial charge in [0.2, 0.25) is 0 Å². The van der Waals surface area contributed by atoms with Crippen LogP contribution in [0.25, 0.3) is 11.1 Å². The maximum Gasteiger partial charge on any atom is 0.419 e. The third kappa shape index (κ3) is 7.06. The van der Waals surface area contributed by atoms with E-state index in [0.717, 1.165) is 36.5 Å². The number of carboxylic acids is 2. The van der Waals surface area contributed by atoms with Crippen molar-refractivity contribution in [1.82, 2.24) is 9.47 Å². The van der Waals surface area contributed by atoms with Crippen molar-refractivity contribution in [1.29, 1.82) is 0 Å². The largest absolute Gasteiger partial charge is 0.473 e. The van der Waals surface area contributed by atoms with E-state index in [4.69, 9.17) is 35.8 Å². The third-order valence-electron chi connectivity index (χ3n) is 4.27. The zero-order valence-electron chi connectivity index (χ0n) is 16.5. The number of nitrogens with zero attached hydrogens (tertiary/aromatic N) is 2. The lowest BCUT2D eigenvalue weighted by Crippen LogP contribution is -2.20. The lowest BCUT2D eigenvalue weighted by Gasteiger charge is -2.16. The zero-order valence-corrected chi connectivity index (χ0v) is 17.2. The van der Waals surface area contributed by atoms with Crippen LogP contribution in [0.1, 0.15) is 18.4 Å². The number of unbranched alkanes of at least 4 members (excludes halogenated alkanes) is 1. The Morgan fingerprint density at radius 1 is 1.07 bits per heavy atom. The molecule has 0 unspecified atom stereocenters. The molecule has 0 aliphatic carbocycles. The van der Waals surface area contributed by atoms with Gasteiger partial charge in [0.1, 0.15) is 0 Å². The Balaban J connectivity index is 0.000000469. The molecule has 3 rings (SSSR count). The molecule has 1 heterocycles. The molecule has 0 radical (unpaired) electrons. The van der Waals surface area contributed by atoms with E-state index < -0.39 is 11.9 Å². The summed E-state index contributed by atoms with van der Waals surface area (Å²) in [5.41, 5.74) is 2.73. The van der Waals surface area contributed by atoms with E-state index >= 15 is 0 Å². The third-order valence-corrected chi connectivity index (χ3v) is 4.50. The molecule has 2 N–H and O–H groups in total. The number of carbonyl (C=O) groups is 2. The summed E-state index contributed by atoms with van der Waals surface area (Å²) in [5, 5.41) is 15.6. The first kappa shape index (κ1) is 23.2. The number of aliphatic carboxylic acids is 2. The maximum absolute atomic E-state index is 11.9. The molecule has 0 saturated carbocycles. The van der Waals surface area contributed by atoms with E-state index in [9.17, 15) is 4.79 Å². The van der Waals surface area contributed by atoms with Crippen LogP contribution in [0.5, 0.6) is 0 Å². The van der Waals surface area contributed by atoms with E-state index in [0.29, 0.717) is 12.1 Å². The van der Waals surface area contributed by atoms with Crippen molar-refractivity contribution in [2.45, 2.75) is 25.9 Å². The number of aromatic nitrogens is 1. The molecule has 1 aromatic heterocycles. The number of halogens is 1. The molecule has 160 valence electrons. The molecule has 30 heavy (non-hydrogen) atoms. The van der Waals surface area contributed by atoms with Gasteiger partial charge in [0.25, 0.3) is 0 Å². The minimum Gasteiger partial charge on any atom is -0.473 e. The first-order valence-electron chi connectivity index (χ1n) is 9.25. The van der Waals surface area contributed by atoms with Crippen molar-refractivity contribution in [2.75, 3.05) is 13.6 Å². The van der Waals surface area contributed by atoms with Gasteiger partial charge in [0.15, 0.2) is 5.58 Å². The summed E-state index contributed by atoms with van der Waals surface area (Å²) < 4.78 is 6.97. The fourth-order valence-electron chi connectivity index (χ4n) is 2.90. The minimum absolute atomic E-state index is 0.275. The van der Waals surface area contributed by atoms with Crippen LogP contribution >= 0.6 is 11.6 Å². The summed E-state index contributed by atoms with van der Waals surface area (Å²) in [6, 6.07) is 15.5. The van der Waals surface area contributed by atoms with E-state index in [1.165, 1.54) is 5.56 Å². The first-order valence-corrected chi connectivity index (χ1v) is 9.63. The Morgan fingerprint density at radius 3 is 2.43 bits per heavy atom. The molecule has 9 heteroatoms. The fraction of sp³-hybridized carbons (Fsp3) is 0.286. The molecule has 0 bridgehead atoms. The molecule has 0 fully saturated rings. The van der Waals surface area contributed by atoms with E-state index in [2.05, 4.69) is 18.0 Å². The van der Waals surface area contributed by atoms with Crippen LogP contribution in [-0.2, 0) is 22.7 Å². The van der Waals surface area contributed by atoms with Gasteiger partial charge in [0, 0.05) is 18.1 Å². The second-order valence-electron chi connectivity index (χ2n) is 6.67. The predicted molar refractivity (Wildman–Crippen MR) is 113 cm³/mol. The molecule has 0 amide bonds. The number of carboxylic acid groups (broad SMARTS) is 2. The zero-order chi connectivity index (χ0) is 22.1. The standard InChI is InChI=1S/C19H21ClN2O2.C2H2O4/c1-21(14-15-7-6-8-16(20)13-15)11-4-5-12-22-17-9-2-3-10-18(17)24-19(22)23;3-1(4)2(5)6/h2-3,6-10,13H,4-5,11-12,14H2,1H3;(H,3,4)(H,5,6). The topological polar surface area (TPSA) is 113 Å². The van der Waals surface area contributed by atoms with E-state index in [1.807, 2.05) is 42.5 Å². The average Bonchev–Trinajstić information content (AvgIpc) is 3.01. The Bertz CT molecular complexity index is 1050. The van der Waals surface area contributed by atoms with Crippen molar-refractivity contribution in [3.05, 3.63) is 69.7 Å². The number of hydrogen-bond acceptors (Lipinski definition) is 5. The highest BCUT2D eigenvalue weighted by Gasteiger charge is 2.08. The van der Waals surface area contributed by atoms with E-state index in [-0.39, 0.29) is 5.76 Å². The Kier molecular flexibility index (Phi) is 8.64. The lowest BCUT2D eigenvalue weighted by molar-refractivity contribution is -0.159. The number of rotatable bonds is 7. The number of hydrogen-bond donors (Lipinski definition) is 2. The molecule has 0 aliphatic rings. The van der Waals surface area contributed by atoms with Gasteiger partial charge in [0.05, 0.1) is 5.52 Å². The van der Waals surface area contributed by atoms with Crippen LogP contribution in [0.3, 0.4) is 0 Å². The van der Waals surface area contributed by atoms with Crippen LogP contribution in [0.2, 0.25) is 5.02 Å². The van der Waals surface area contributed by atoms with Crippen LogP contribution in [-0.4, -0.2) is 45.2 Å². The van der Waals surface area contributed by atoms with E-state index in [1.54, 1.807) is 4.57 Å². The van der Waals surface area contributed by atoms with Crippen molar-refractivity contribution < 1.29 is 24.2 Å². The summed E-state index contributed by atoms with van der Waals surface area (Å²) in [6.07, 6.45) is 1.95. The predicted octanol–water partition coefficient (Wildman–Crippen LogP) is 3.32. The monoisotopic (exact) mass is 434 g/mol. The fourth-order valence-corrected chi connectivity index (χ4v) is 3.12. The molecule has 0 aliphatic heterocycles. The summed E-state index contributed by atoms with van der Waals surface area (Å²) in [7, 11) is 2.10. The van der Waals surface area contributed by atoms with Crippen LogP contribution in [0, 0.1) is 0 Å². The quantitative estimate of drug-likeness (QED) is 0.433. The summed E-state index contributed by atoms with van der Waals surface area (Å²) in [6.45, 7) is 2.52. The smallest absolute Gasteiger partial charge is 0.419 e. The number of oxazole rings is 1. The molecule has 2 aromatic carbocycles. The second kappa shape index (κ2) is 11.2. The summed E-state index contributed by atoms with van der Waals surface area (Å²) in [4.78, 5) is 32.4. The molecule has 3 aromatic rings. The number of para-hydroxylation sites is 2. The van der Waals surface area contributed by atoms with Crippen LogP contribution in [0.15, 0.2) is 57.7 Å². The summed E-state index contributed by atoms with van der Waals surface area (Å²) >= 11 is 6.01. The molecule has 0 spiro atoms. The molecule has 0 saturated heterocycles. The van der Waals surface area contributed by atoms with Gasteiger partial charge in [-0.15, -0.1) is 0 Å². The van der Waals surface area contributed by atoms with Gasteiger partial charge in [-0.1, -0.05) is 35.9 Å². The highest BCUT2D eigenvalue weighted by atomic mass is 35.5. The van der Waals surface area contributed by atoms with Gasteiger partial charge in [-0.2, -0.15) is 0 Å². The first-order chi connectivity index (χ1) is 14.3. The Hall–Kier alpha value is -3.10. The number of aryl methyl sites for hydroxylation is 1. The number of benzene rings is 2. The van der Waals surface area contributed by atoms with Gasteiger partial charge in [-0.3, -0.25) is 4.57 Å². The molecule has 8 nitrogen and oxygen atoms in total. The normalized spacial score (nSPS) is 10.6. The van der Waals surface area contributed by atoms with Crippen molar-refractivity contribution in [3.8, 4) is 0 Å². The van der Waals surface area contributed by atoms with Crippen LogP contribution in [0.4, 0.5) is 0 Å². The van der Waals surface area contributed by atoms with Gasteiger partial charge >= 0.3 is 17.7 Å². The Labute approximate surface area is 177 Å². The highest BCUT2D eigenvalue weighted by Crippen LogP contribution is 2.14. The van der Waals surface area contributed by atoms with Gasteiger partial charge in [-0.05, 0) is 56.3 Å². The highest BCUT2D eigenvalue weighted by molar-refractivity contribution is 6.30. The molecule has 0 atom stereocenters. The molecular weight excluding hydrogens is 412 g/mol.